The van der Waals surface area contributed by atoms with E-state index in [1.807, 2.05) is 43.3 Å². The van der Waals surface area contributed by atoms with Crippen LogP contribution in [0.4, 0.5) is 0 Å². The van der Waals surface area contributed by atoms with Gasteiger partial charge in [-0.3, -0.25) is 0 Å². The predicted molar refractivity (Wildman–Crippen MR) is 180 cm³/mol. The highest BCUT2D eigenvalue weighted by molar-refractivity contribution is 5.92. The highest BCUT2D eigenvalue weighted by Gasteiger charge is 2.12. The molecule has 3 aromatic rings. The van der Waals surface area contributed by atoms with Gasteiger partial charge in [0.1, 0.15) is 11.5 Å². The van der Waals surface area contributed by atoms with Crippen LogP contribution < -0.4 is 9.47 Å². The van der Waals surface area contributed by atoms with E-state index in [1.165, 1.54) is 70.6 Å². The van der Waals surface area contributed by atoms with Gasteiger partial charge < -0.3 is 14.2 Å². The molecule has 0 fully saturated rings. The summed E-state index contributed by atoms with van der Waals surface area (Å²) in [5, 5.41) is 0. The molecule has 1 atom stereocenters. The number of carbonyl (C=O) groups excluding carboxylic acids is 2. The van der Waals surface area contributed by atoms with Crippen LogP contribution >= 0.6 is 0 Å². The molecule has 238 valence electrons. The average Bonchev–Trinajstić information content (AvgIpc) is 3.06. The van der Waals surface area contributed by atoms with Gasteiger partial charge in [-0.2, -0.15) is 0 Å². The number of unbranched alkanes of at least 4 members (excludes halogenated alkanes) is 11. The molecule has 0 saturated heterocycles. The molecule has 0 amide bonds. The Hall–Kier alpha value is -3.60. The summed E-state index contributed by atoms with van der Waals surface area (Å²) in [7, 11) is 0. The van der Waals surface area contributed by atoms with E-state index in [1.54, 1.807) is 36.4 Å². The summed E-state index contributed by atoms with van der Waals surface area (Å²) in [5.74, 6) is 0.740. The fourth-order valence-electron chi connectivity index (χ4n) is 4.92. The first kappa shape index (κ1) is 34.9. The third-order valence-electron chi connectivity index (χ3n) is 8.07. The van der Waals surface area contributed by atoms with Crippen LogP contribution in [0.5, 0.6) is 11.5 Å². The zero-order chi connectivity index (χ0) is 31.4. The zero-order valence-electron chi connectivity index (χ0n) is 27.2. The van der Waals surface area contributed by atoms with Crippen molar-refractivity contribution in [3.8, 4) is 22.6 Å². The molecule has 0 bridgehead atoms. The lowest BCUT2D eigenvalue weighted by Crippen LogP contribution is -2.12. The molecular formula is C39H52O5. The molecule has 0 aliphatic heterocycles. The number of carbonyl (C=O) groups is 2. The van der Waals surface area contributed by atoms with Gasteiger partial charge in [0.25, 0.3) is 0 Å². The normalized spacial score (nSPS) is 11.6. The fourth-order valence-corrected chi connectivity index (χ4v) is 4.92. The fraction of sp³-hybridized carbons (Fsp3) is 0.487. The van der Waals surface area contributed by atoms with Crippen molar-refractivity contribution in [3.05, 3.63) is 83.9 Å². The zero-order valence-corrected chi connectivity index (χ0v) is 27.2. The minimum atomic E-state index is -0.454. The van der Waals surface area contributed by atoms with E-state index in [0.717, 1.165) is 36.3 Å². The molecule has 0 radical (unpaired) electrons. The number of hydrogen-bond acceptors (Lipinski definition) is 5. The first-order chi connectivity index (χ1) is 21.5. The molecule has 0 heterocycles. The largest absolute Gasteiger partial charge is 0.494 e. The van der Waals surface area contributed by atoms with Crippen molar-refractivity contribution in [1.82, 2.24) is 0 Å². The Labute approximate surface area is 265 Å². The Kier molecular flexibility index (Phi) is 16.2. The van der Waals surface area contributed by atoms with Crippen molar-refractivity contribution in [3.63, 3.8) is 0 Å². The van der Waals surface area contributed by atoms with E-state index >= 15 is 0 Å². The minimum absolute atomic E-state index is 0.317. The van der Waals surface area contributed by atoms with Crippen molar-refractivity contribution >= 4 is 11.9 Å². The third-order valence-corrected chi connectivity index (χ3v) is 8.07. The van der Waals surface area contributed by atoms with Crippen molar-refractivity contribution in [1.29, 1.82) is 0 Å². The third kappa shape index (κ3) is 13.0. The number of esters is 2. The maximum absolute atomic E-state index is 12.7. The summed E-state index contributed by atoms with van der Waals surface area (Å²) in [6, 6.07) is 21.9. The predicted octanol–water partition coefficient (Wildman–Crippen LogP) is 10.9. The number of rotatable bonds is 21. The topological polar surface area (TPSA) is 61.8 Å². The highest BCUT2D eigenvalue weighted by Crippen LogP contribution is 2.24. The molecule has 44 heavy (non-hydrogen) atoms. The van der Waals surface area contributed by atoms with Crippen LogP contribution in [-0.2, 0) is 4.74 Å². The van der Waals surface area contributed by atoms with Crippen LogP contribution in [-0.4, -0.2) is 25.2 Å². The first-order valence-corrected chi connectivity index (χ1v) is 16.8. The maximum atomic E-state index is 12.7. The van der Waals surface area contributed by atoms with Gasteiger partial charge in [0.2, 0.25) is 0 Å². The Bertz CT molecular complexity index is 1210. The molecule has 0 N–H and O–H groups in total. The first-order valence-electron chi connectivity index (χ1n) is 16.8. The van der Waals surface area contributed by atoms with Gasteiger partial charge in [0.15, 0.2) is 0 Å². The monoisotopic (exact) mass is 600 g/mol. The summed E-state index contributed by atoms with van der Waals surface area (Å²) >= 11 is 0. The second kappa shape index (κ2) is 20.4. The molecular weight excluding hydrogens is 548 g/mol. The Morgan fingerprint density at radius 2 is 1.02 bits per heavy atom. The van der Waals surface area contributed by atoms with Crippen LogP contribution in [0.1, 0.15) is 125 Å². The smallest absolute Gasteiger partial charge is 0.343 e. The number of benzene rings is 3. The molecule has 0 spiro atoms. The Morgan fingerprint density at radius 1 is 0.568 bits per heavy atom. The van der Waals surface area contributed by atoms with Gasteiger partial charge in [0.05, 0.1) is 24.3 Å². The van der Waals surface area contributed by atoms with Crippen molar-refractivity contribution < 1.29 is 23.8 Å². The van der Waals surface area contributed by atoms with Crippen LogP contribution in [0.2, 0.25) is 0 Å². The molecule has 0 saturated carbocycles. The molecule has 5 heteroatoms. The molecule has 0 aromatic heterocycles. The summed E-state index contributed by atoms with van der Waals surface area (Å²) in [4.78, 5) is 24.9. The van der Waals surface area contributed by atoms with Gasteiger partial charge in [-0.15, -0.1) is 0 Å². The number of hydrogen-bond donors (Lipinski definition) is 0. The van der Waals surface area contributed by atoms with Gasteiger partial charge >= 0.3 is 11.9 Å². The van der Waals surface area contributed by atoms with Gasteiger partial charge in [-0.05, 0) is 72.0 Å². The molecule has 5 nitrogen and oxygen atoms in total. The summed E-state index contributed by atoms with van der Waals surface area (Å²) < 4.78 is 16.8. The van der Waals surface area contributed by atoms with Crippen LogP contribution in [0, 0.1) is 5.92 Å². The molecule has 3 rings (SSSR count). The highest BCUT2D eigenvalue weighted by atomic mass is 16.5. The van der Waals surface area contributed by atoms with Crippen molar-refractivity contribution in [2.45, 2.75) is 104 Å². The second-order valence-electron chi connectivity index (χ2n) is 11.9. The Balaban J connectivity index is 1.33. The second-order valence-corrected chi connectivity index (χ2v) is 11.9. The maximum Gasteiger partial charge on any atom is 0.343 e. The van der Waals surface area contributed by atoms with Crippen molar-refractivity contribution in [2.24, 2.45) is 5.92 Å². The Morgan fingerprint density at radius 3 is 1.57 bits per heavy atom. The lowest BCUT2D eigenvalue weighted by Gasteiger charge is -2.10. The average molecular weight is 601 g/mol. The van der Waals surface area contributed by atoms with E-state index in [-0.39, 0.29) is 5.97 Å². The molecule has 3 aromatic carbocycles. The van der Waals surface area contributed by atoms with Gasteiger partial charge in [-0.25, -0.2) is 9.59 Å². The van der Waals surface area contributed by atoms with Crippen LogP contribution in [0.25, 0.3) is 11.1 Å². The lowest BCUT2D eigenvalue weighted by atomic mass is 10.0. The summed E-state index contributed by atoms with van der Waals surface area (Å²) in [5.41, 5.74) is 2.94. The van der Waals surface area contributed by atoms with E-state index in [2.05, 4.69) is 13.8 Å². The summed E-state index contributed by atoms with van der Waals surface area (Å²) in [6.07, 6.45) is 17.0. The van der Waals surface area contributed by atoms with Crippen LogP contribution in [0.15, 0.2) is 72.8 Å². The van der Waals surface area contributed by atoms with Crippen LogP contribution in [0.3, 0.4) is 0 Å². The molecule has 0 aliphatic carbocycles. The number of ether oxygens (including phenoxy) is 3. The van der Waals surface area contributed by atoms with Gasteiger partial charge in [-0.1, -0.05) is 122 Å². The minimum Gasteiger partial charge on any atom is -0.494 e. The molecule has 0 aliphatic rings. The quantitative estimate of drug-likeness (QED) is 0.0691. The van der Waals surface area contributed by atoms with E-state index in [4.69, 9.17) is 14.2 Å². The SMILES string of the molecule is CCCCCCCCCCCCCCOc1ccc(-c2ccc(C(=O)Oc3ccc(C(=O)OCC(C)CC)cc3)cc2)cc1. The summed E-state index contributed by atoms with van der Waals surface area (Å²) in [6.45, 7) is 7.50. The van der Waals surface area contributed by atoms with Gasteiger partial charge in [0, 0.05) is 0 Å². The van der Waals surface area contributed by atoms with E-state index in [0.29, 0.717) is 29.4 Å². The van der Waals surface area contributed by atoms with E-state index < -0.39 is 5.97 Å². The lowest BCUT2D eigenvalue weighted by molar-refractivity contribution is 0.0447. The van der Waals surface area contributed by atoms with E-state index in [9.17, 15) is 9.59 Å². The van der Waals surface area contributed by atoms with Crippen molar-refractivity contribution in [2.75, 3.05) is 13.2 Å². The standard InChI is InChI=1S/C39H52O5/c1-4-6-7-8-9-10-11-12-13-14-15-16-29-42-36-25-21-33(22-26-36)32-17-19-35(20-18-32)39(41)44-37-27-23-34(24-28-37)38(40)43-30-31(3)5-2/h17-28,31H,4-16,29-30H2,1-3H3. The molecule has 1 unspecified atom stereocenters.